The maximum absolute atomic E-state index is 13.2. The molecule has 0 spiro atoms. The molecule has 0 bridgehead atoms. The molecule has 0 amide bonds. The van der Waals surface area contributed by atoms with E-state index in [1.165, 1.54) is 18.9 Å². The first kappa shape index (κ1) is 14.4. The Kier molecular flexibility index (Phi) is 4.86. The van der Waals surface area contributed by atoms with E-state index in [2.05, 4.69) is 24.2 Å². The summed E-state index contributed by atoms with van der Waals surface area (Å²) in [5.74, 6) is 0.560. The molecule has 1 aliphatic heterocycles. The molecule has 1 aliphatic rings. The van der Waals surface area contributed by atoms with Gasteiger partial charge in [-0.3, -0.25) is 4.99 Å². The maximum atomic E-state index is 13.2. The minimum atomic E-state index is -0.165. The summed E-state index contributed by atoms with van der Waals surface area (Å²) in [6, 6.07) is 5.08. The Morgan fingerprint density at radius 1 is 1.42 bits per heavy atom. The molecule has 0 saturated carbocycles. The number of benzene rings is 1. The van der Waals surface area contributed by atoms with Gasteiger partial charge in [-0.15, -0.1) is 0 Å². The summed E-state index contributed by atoms with van der Waals surface area (Å²) in [4.78, 5) is 4.56. The van der Waals surface area contributed by atoms with Crippen LogP contribution in [0.15, 0.2) is 23.2 Å². The van der Waals surface area contributed by atoms with Gasteiger partial charge in [0.2, 0.25) is 0 Å². The number of amidine groups is 1. The third-order valence-electron chi connectivity index (χ3n) is 3.66. The first-order chi connectivity index (χ1) is 9.13. The van der Waals surface area contributed by atoms with Crippen molar-refractivity contribution in [3.63, 3.8) is 0 Å². The Hall–Kier alpha value is -1.03. The number of thioether (sulfide) groups is 1. The molecular weight excluding hydrogens is 259 g/mol. The highest BCUT2D eigenvalue weighted by atomic mass is 32.2. The number of halogens is 1. The van der Waals surface area contributed by atoms with Gasteiger partial charge in [0.05, 0.1) is 6.54 Å². The van der Waals surface area contributed by atoms with Gasteiger partial charge in [0.15, 0.2) is 5.17 Å². The monoisotopic (exact) mass is 280 g/mol. The van der Waals surface area contributed by atoms with E-state index in [9.17, 15) is 4.39 Å². The fourth-order valence-corrected chi connectivity index (χ4v) is 3.70. The molecule has 0 radical (unpaired) electrons. The van der Waals surface area contributed by atoms with Gasteiger partial charge < -0.3 is 5.32 Å². The fourth-order valence-electron chi connectivity index (χ4n) is 2.37. The van der Waals surface area contributed by atoms with Crippen molar-refractivity contribution in [2.24, 2.45) is 10.9 Å². The Labute approximate surface area is 118 Å². The average Bonchev–Trinajstić information content (AvgIpc) is 2.84. The van der Waals surface area contributed by atoms with E-state index < -0.39 is 0 Å². The van der Waals surface area contributed by atoms with Crippen molar-refractivity contribution in [2.45, 2.75) is 38.9 Å². The number of hydrogen-bond acceptors (Lipinski definition) is 3. The van der Waals surface area contributed by atoms with Crippen LogP contribution in [0.1, 0.15) is 32.3 Å². The standard InChI is InChI=1S/C15H21FN2S/c1-4-11(5-2)14-9-17-15(19-14)18-12-6-7-13(16)10(3)8-12/h6-8,11,14H,4-5,9H2,1-3H3,(H,17,18). The molecule has 1 N–H and O–H groups in total. The zero-order valence-corrected chi connectivity index (χ0v) is 12.6. The van der Waals surface area contributed by atoms with Crippen LogP contribution < -0.4 is 5.32 Å². The molecule has 104 valence electrons. The van der Waals surface area contributed by atoms with Crippen molar-refractivity contribution < 1.29 is 4.39 Å². The molecule has 0 saturated heterocycles. The predicted molar refractivity (Wildman–Crippen MR) is 82.5 cm³/mol. The van der Waals surface area contributed by atoms with Gasteiger partial charge in [0, 0.05) is 10.9 Å². The SMILES string of the molecule is CCC(CC)C1CN=C(Nc2ccc(F)c(C)c2)S1. The third kappa shape index (κ3) is 3.50. The minimum absolute atomic E-state index is 0.165. The Balaban J connectivity index is 1.96. The van der Waals surface area contributed by atoms with E-state index in [4.69, 9.17) is 0 Å². The fraction of sp³-hybridized carbons (Fsp3) is 0.533. The summed E-state index contributed by atoms with van der Waals surface area (Å²) < 4.78 is 13.2. The van der Waals surface area contributed by atoms with E-state index in [-0.39, 0.29) is 5.82 Å². The highest BCUT2D eigenvalue weighted by Crippen LogP contribution is 2.31. The first-order valence-corrected chi connectivity index (χ1v) is 7.76. The lowest BCUT2D eigenvalue weighted by atomic mass is 9.99. The molecular formula is C15H21FN2S. The third-order valence-corrected chi connectivity index (χ3v) is 4.95. The largest absolute Gasteiger partial charge is 0.335 e. The number of rotatable bonds is 4. The lowest BCUT2D eigenvalue weighted by Gasteiger charge is -2.18. The average molecular weight is 280 g/mol. The van der Waals surface area contributed by atoms with Crippen LogP contribution in [0.4, 0.5) is 10.1 Å². The van der Waals surface area contributed by atoms with E-state index in [0.717, 1.165) is 23.3 Å². The summed E-state index contributed by atoms with van der Waals surface area (Å²) in [7, 11) is 0. The zero-order valence-electron chi connectivity index (χ0n) is 11.7. The van der Waals surface area contributed by atoms with Gasteiger partial charge in [-0.1, -0.05) is 38.5 Å². The summed E-state index contributed by atoms with van der Waals surface area (Å²) in [6.07, 6.45) is 2.40. The highest BCUT2D eigenvalue weighted by Gasteiger charge is 2.25. The number of aryl methyl sites for hydroxylation is 1. The molecule has 1 heterocycles. The predicted octanol–water partition coefficient (Wildman–Crippen LogP) is 4.45. The summed E-state index contributed by atoms with van der Waals surface area (Å²) >= 11 is 1.82. The van der Waals surface area contributed by atoms with Crippen LogP contribution in [-0.2, 0) is 0 Å². The van der Waals surface area contributed by atoms with Crippen LogP contribution in [0, 0.1) is 18.7 Å². The maximum Gasteiger partial charge on any atom is 0.161 e. The van der Waals surface area contributed by atoms with Gasteiger partial charge in [-0.05, 0) is 36.6 Å². The van der Waals surface area contributed by atoms with Gasteiger partial charge in [-0.25, -0.2) is 4.39 Å². The van der Waals surface area contributed by atoms with E-state index >= 15 is 0 Å². The summed E-state index contributed by atoms with van der Waals surface area (Å²) in [5, 5.41) is 4.83. The lowest BCUT2D eigenvalue weighted by molar-refractivity contribution is 0.479. The van der Waals surface area contributed by atoms with Crippen molar-refractivity contribution in [3.8, 4) is 0 Å². The van der Waals surface area contributed by atoms with Crippen LogP contribution in [-0.4, -0.2) is 17.0 Å². The molecule has 4 heteroatoms. The number of nitrogens with one attached hydrogen (secondary N) is 1. The number of hydrogen-bond donors (Lipinski definition) is 1. The van der Waals surface area contributed by atoms with Crippen LogP contribution in [0.25, 0.3) is 0 Å². The van der Waals surface area contributed by atoms with Crippen molar-refractivity contribution >= 4 is 22.6 Å². The number of anilines is 1. The molecule has 0 fully saturated rings. The summed E-state index contributed by atoms with van der Waals surface area (Å²) in [5.41, 5.74) is 1.57. The van der Waals surface area contributed by atoms with Crippen molar-refractivity contribution in [3.05, 3.63) is 29.6 Å². The van der Waals surface area contributed by atoms with Gasteiger partial charge >= 0.3 is 0 Å². The second-order valence-electron chi connectivity index (χ2n) is 4.97. The smallest absolute Gasteiger partial charge is 0.161 e. The molecule has 2 nitrogen and oxygen atoms in total. The van der Waals surface area contributed by atoms with Crippen molar-refractivity contribution in [1.29, 1.82) is 0 Å². The van der Waals surface area contributed by atoms with E-state index in [1.807, 2.05) is 17.8 Å². The second kappa shape index (κ2) is 6.42. The quantitative estimate of drug-likeness (QED) is 0.881. The number of nitrogens with zero attached hydrogens (tertiary/aromatic N) is 1. The molecule has 1 aromatic rings. The van der Waals surface area contributed by atoms with Crippen LogP contribution in [0.5, 0.6) is 0 Å². The van der Waals surface area contributed by atoms with Crippen molar-refractivity contribution in [1.82, 2.24) is 0 Å². The normalized spacial score (nSPS) is 18.8. The lowest BCUT2D eigenvalue weighted by Crippen LogP contribution is -2.17. The molecule has 0 aromatic heterocycles. The Bertz CT molecular complexity index is 469. The van der Waals surface area contributed by atoms with Crippen molar-refractivity contribution in [2.75, 3.05) is 11.9 Å². The van der Waals surface area contributed by atoms with Crippen LogP contribution in [0.2, 0.25) is 0 Å². The topological polar surface area (TPSA) is 24.4 Å². The molecule has 2 rings (SSSR count). The first-order valence-electron chi connectivity index (χ1n) is 6.88. The van der Waals surface area contributed by atoms with Gasteiger partial charge in [-0.2, -0.15) is 0 Å². The molecule has 0 aliphatic carbocycles. The van der Waals surface area contributed by atoms with Crippen LogP contribution in [0.3, 0.4) is 0 Å². The Morgan fingerprint density at radius 2 is 2.16 bits per heavy atom. The van der Waals surface area contributed by atoms with Gasteiger partial charge in [0.25, 0.3) is 0 Å². The zero-order chi connectivity index (χ0) is 13.8. The Morgan fingerprint density at radius 3 is 2.79 bits per heavy atom. The van der Waals surface area contributed by atoms with Crippen LogP contribution >= 0.6 is 11.8 Å². The minimum Gasteiger partial charge on any atom is -0.335 e. The second-order valence-corrected chi connectivity index (χ2v) is 6.20. The molecule has 1 aromatic carbocycles. The van der Waals surface area contributed by atoms with Gasteiger partial charge in [0.1, 0.15) is 5.82 Å². The molecule has 1 atom stereocenters. The highest BCUT2D eigenvalue weighted by molar-refractivity contribution is 8.15. The number of aliphatic imine (C=N–C) groups is 1. The molecule has 19 heavy (non-hydrogen) atoms. The summed E-state index contributed by atoms with van der Waals surface area (Å²) in [6.45, 7) is 7.14. The van der Waals surface area contributed by atoms with E-state index in [0.29, 0.717) is 10.8 Å². The van der Waals surface area contributed by atoms with E-state index in [1.54, 1.807) is 13.0 Å². The molecule has 1 unspecified atom stereocenters.